The maximum Gasteiger partial charge on any atom is 0.308 e. The van der Waals surface area contributed by atoms with Crippen LogP contribution in [0.15, 0.2) is 30.3 Å². The molecule has 1 rings (SSSR count). The van der Waals surface area contributed by atoms with Crippen molar-refractivity contribution in [2.24, 2.45) is 11.8 Å². The molecule has 0 aliphatic carbocycles. The summed E-state index contributed by atoms with van der Waals surface area (Å²) in [6, 6.07) is 12.8. The van der Waals surface area contributed by atoms with E-state index in [0.29, 0.717) is 18.9 Å². The Hall–Kier alpha value is -1.82. The molecular formula is C28H45NO2. The molecule has 0 spiro atoms. The third kappa shape index (κ3) is 12.6. The number of carbonyl (C=O) groups is 1. The monoisotopic (exact) mass is 427 g/mol. The highest BCUT2D eigenvalue weighted by Gasteiger charge is 2.23. The first-order valence-corrected chi connectivity index (χ1v) is 12.7. The average molecular weight is 428 g/mol. The number of unbranched alkanes of at least 4 members (excludes halogenated alkanes) is 9. The van der Waals surface area contributed by atoms with Crippen LogP contribution in [0, 0.1) is 23.2 Å². The molecule has 0 fully saturated rings. The van der Waals surface area contributed by atoms with Gasteiger partial charge in [-0.3, -0.25) is 4.79 Å². The number of rotatable bonds is 18. The molecule has 0 amide bonds. The molecule has 3 atom stereocenters. The van der Waals surface area contributed by atoms with Crippen LogP contribution in [0.2, 0.25) is 0 Å². The minimum absolute atomic E-state index is 0.120. The van der Waals surface area contributed by atoms with Gasteiger partial charge in [0.25, 0.3) is 0 Å². The van der Waals surface area contributed by atoms with Crippen molar-refractivity contribution in [2.45, 2.75) is 110 Å². The zero-order valence-corrected chi connectivity index (χ0v) is 20.3. The van der Waals surface area contributed by atoms with Crippen molar-refractivity contribution in [2.75, 3.05) is 6.61 Å². The summed E-state index contributed by atoms with van der Waals surface area (Å²) in [4.78, 5) is 12.3. The van der Waals surface area contributed by atoms with Gasteiger partial charge in [-0.15, -0.1) is 0 Å². The van der Waals surface area contributed by atoms with E-state index in [0.717, 1.165) is 25.7 Å². The van der Waals surface area contributed by atoms with Crippen LogP contribution >= 0.6 is 0 Å². The Balaban J connectivity index is 2.19. The highest BCUT2D eigenvalue weighted by atomic mass is 16.5. The normalized spacial score (nSPS) is 13.9. The van der Waals surface area contributed by atoms with Crippen molar-refractivity contribution < 1.29 is 9.53 Å². The molecule has 0 aliphatic rings. The molecule has 0 bridgehead atoms. The summed E-state index contributed by atoms with van der Waals surface area (Å²) >= 11 is 0. The molecule has 0 N–H and O–H groups in total. The number of carbonyl (C=O) groups excluding carboxylic acids is 1. The van der Waals surface area contributed by atoms with E-state index < -0.39 is 0 Å². The van der Waals surface area contributed by atoms with Gasteiger partial charge in [-0.05, 0) is 37.2 Å². The van der Waals surface area contributed by atoms with E-state index in [2.05, 4.69) is 32.0 Å². The third-order valence-corrected chi connectivity index (χ3v) is 6.30. The number of nitrogens with zero attached hydrogens (tertiary/aromatic N) is 1. The van der Waals surface area contributed by atoms with Gasteiger partial charge >= 0.3 is 5.97 Å². The van der Waals surface area contributed by atoms with Gasteiger partial charge in [-0.1, -0.05) is 109 Å². The van der Waals surface area contributed by atoms with Crippen LogP contribution in [-0.4, -0.2) is 12.6 Å². The summed E-state index contributed by atoms with van der Waals surface area (Å²) in [5.74, 6) is -0.129. The second-order valence-corrected chi connectivity index (χ2v) is 9.06. The number of hydrogen-bond acceptors (Lipinski definition) is 3. The van der Waals surface area contributed by atoms with Crippen molar-refractivity contribution in [3.05, 3.63) is 35.9 Å². The number of benzene rings is 1. The molecule has 3 heteroatoms. The van der Waals surface area contributed by atoms with E-state index in [1.54, 1.807) is 0 Å². The lowest BCUT2D eigenvalue weighted by atomic mass is 9.84. The van der Waals surface area contributed by atoms with Crippen LogP contribution in [0.5, 0.6) is 0 Å². The predicted molar refractivity (Wildman–Crippen MR) is 130 cm³/mol. The second-order valence-electron chi connectivity index (χ2n) is 9.06. The standard InChI is InChI=1S/C28H45NO2/c1-4-6-7-8-9-10-11-12-13-17-20-31-28(30)24(3)21-25(23-29)22-26(5-2)27-18-15-14-16-19-27/h14-16,18-19,24-26H,4-13,17,20-22H2,1-3H3. The molecule has 0 aromatic heterocycles. The molecule has 3 unspecified atom stereocenters. The molecule has 0 radical (unpaired) electrons. The number of ether oxygens (including phenoxy) is 1. The SMILES string of the molecule is CCCCCCCCCCCCOC(=O)C(C)CC(C#N)CC(CC)c1ccccc1. The Labute approximate surface area is 191 Å². The van der Waals surface area contributed by atoms with Gasteiger partial charge in [-0.2, -0.15) is 5.26 Å². The molecule has 0 aliphatic heterocycles. The van der Waals surface area contributed by atoms with Crippen molar-refractivity contribution in [1.82, 2.24) is 0 Å². The fourth-order valence-corrected chi connectivity index (χ4v) is 4.24. The fourth-order valence-electron chi connectivity index (χ4n) is 4.24. The van der Waals surface area contributed by atoms with Gasteiger partial charge in [0.2, 0.25) is 0 Å². The lowest BCUT2D eigenvalue weighted by molar-refractivity contribution is -0.148. The second kappa shape index (κ2) is 17.8. The van der Waals surface area contributed by atoms with E-state index in [1.807, 2.05) is 25.1 Å². The van der Waals surface area contributed by atoms with E-state index in [-0.39, 0.29) is 17.8 Å². The number of hydrogen-bond donors (Lipinski definition) is 0. The zero-order valence-electron chi connectivity index (χ0n) is 20.3. The Morgan fingerprint density at radius 1 is 0.903 bits per heavy atom. The fraction of sp³-hybridized carbons (Fsp3) is 0.714. The molecule has 31 heavy (non-hydrogen) atoms. The lowest BCUT2D eigenvalue weighted by Gasteiger charge is -2.20. The topological polar surface area (TPSA) is 50.1 Å². The number of nitriles is 1. The average Bonchev–Trinajstić information content (AvgIpc) is 2.80. The van der Waals surface area contributed by atoms with Crippen LogP contribution in [0.25, 0.3) is 0 Å². The maximum atomic E-state index is 12.3. The first kappa shape index (κ1) is 27.2. The van der Waals surface area contributed by atoms with Crippen LogP contribution in [-0.2, 0) is 9.53 Å². The van der Waals surface area contributed by atoms with Gasteiger partial charge in [0, 0.05) is 5.92 Å². The van der Waals surface area contributed by atoms with Crippen LogP contribution in [0.1, 0.15) is 116 Å². The van der Waals surface area contributed by atoms with Crippen molar-refractivity contribution >= 4 is 5.97 Å². The Morgan fingerprint density at radius 3 is 2.03 bits per heavy atom. The highest BCUT2D eigenvalue weighted by Crippen LogP contribution is 2.30. The highest BCUT2D eigenvalue weighted by molar-refractivity contribution is 5.72. The first-order valence-electron chi connectivity index (χ1n) is 12.7. The van der Waals surface area contributed by atoms with Crippen molar-refractivity contribution in [3.63, 3.8) is 0 Å². The predicted octanol–water partition coefficient (Wildman–Crippen LogP) is 8.20. The molecule has 3 nitrogen and oxygen atoms in total. The maximum absolute atomic E-state index is 12.3. The number of esters is 1. The molecule has 1 aromatic carbocycles. The minimum Gasteiger partial charge on any atom is -0.465 e. The summed E-state index contributed by atoms with van der Waals surface area (Å²) in [5, 5.41) is 9.62. The Kier molecular flexibility index (Phi) is 15.6. The summed E-state index contributed by atoms with van der Waals surface area (Å²) in [6.07, 6.45) is 15.1. The summed E-state index contributed by atoms with van der Waals surface area (Å²) < 4.78 is 5.49. The smallest absolute Gasteiger partial charge is 0.308 e. The molecular weight excluding hydrogens is 382 g/mol. The van der Waals surface area contributed by atoms with Crippen LogP contribution < -0.4 is 0 Å². The van der Waals surface area contributed by atoms with Gasteiger partial charge in [0.05, 0.1) is 18.6 Å². The largest absolute Gasteiger partial charge is 0.465 e. The van der Waals surface area contributed by atoms with E-state index in [1.165, 1.54) is 56.9 Å². The van der Waals surface area contributed by atoms with Gasteiger partial charge in [0.1, 0.15) is 0 Å². The molecule has 174 valence electrons. The van der Waals surface area contributed by atoms with Crippen molar-refractivity contribution in [1.29, 1.82) is 5.26 Å². The first-order chi connectivity index (χ1) is 15.1. The summed E-state index contributed by atoms with van der Waals surface area (Å²) in [5.41, 5.74) is 1.28. The van der Waals surface area contributed by atoms with E-state index in [4.69, 9.17) is 4.74 Å². The Bertz CT molecular complexity index is 607. The molecule has 0 saturated carbocycles. The van der Waals surface area contributed by atoms with Crippen LogP contribution in [0.4, 0.5) is 0 Å². The van der Waals surface area contributed by atoms with Gasteiger partial charge in [-0.25, -0.2) is 0 Å². The van der Waals surface area contributed by atoms with Gasteiger partial charge in [0.15, 0.2) is 0 Å². The lowest BCUT2D eigenvalue weighted by Crippen LogP contribution is -2.19. The molecule has 0 saturated heterocycles. The third-order valence-electron chi connectivity index (χ3n) is 6.30. The minimum atomic E-state index is -0.221. The quantitative estimate of drug-likeness (QED) is 0.175. The van der Waals surface area contributed by atoms with Crippen molar-refractivity contribution in [3.8, 4) is 6.07 Å². The summed E-state index contributed by atoms with van der Waals surface area (Å²) in [6.45, 7) is 6.83. The van der Waals surface area contributed by atoms with E-state index >= 15 is 0 Å². The molecule has 0 heterocycles. The Morgan fingerprint density at radius 2 is 1.48 bits per heavy atom. The van der Waals surface area contributed by atoms with Crippen LogP contribution in [0.3, 0.4) is 0 Å². The molecule has 1 aromatic rings. The van der Waals surface area contributed by atoms with E-state index in [9.17, 15) is 10.1 Å². The summed E-state index contributed by atoms with van der Waals surface area (Å²) in [7, 11) is 0. The zero-order chi connectivity index (χ0) is 22.7. The van der Waals surface area contributed by atoms with Gasteiger partial charge < -0.3 is 4.74 Å².